The van der Waals surface area contributed by atoms with Crippen molar-refractivity contribution in [1.29, 1.82) is 0 Å². The molecule has 3 rings (SSSR count). The monoisotopic (exact) mass is 337 g/mol. The van der Waals surface area contributed by atoms with Crippen molar-refractivity contribution in [2.75, 3.05) is 7.11 Å². The molecule has 0 aromatic heterocycles. The quantitative estimate of drug-likeness (QED) is 0.798. The number of ether oxygens (including phenoxy) is 1. The van der Waals surface area contributed by atoms with Crippen LogP contribution in [0.15, 0.2) is 48.5 Å². The Bertz CT molecular complexity index is 785. The van der Waals surface area contributed by atoms with Gasteiger partial charge in [-0.2, -0.15) is 0 Å². The van der Waals surface area contributed by atoms with Crippen molar-refractivity contribution in [2.24, 2.45) is 0 Å². The highest BCUT2D eigenvalue weighted by Crippen LogP contribution is 2.40. The Labute approximate surface area is 148 Å². The number of hydrogen-bond donors (Lipinski definition) is 0. The van der Waals surface area contributed by atoms with Gasteiger partial charge in [0.2, 0.25) is 5.91 Å². The second kappa shape index (κ2) is 7.09. The van der Waals surface area contributed by atoms with E-state index < -0.39 is 0 Å². The van der Waals surface area contributed by atoms with Crippen LogP contribution in [0.4, 0.5) is 0 Å². The zero-order chi connectivity index (χ0) is 18.0. The summed E-state index contributed by atoms with van der Waals surface area (Å²) in [4.78, 5) is 26.8. The molecule has 4 heteroatoms. The molecule has 1 aliphatic heterocycles. The van der Waals surface area contributed by atoms with E-state index in [9.17, 15) is 9.59 Å². The van der Waals surface area contributed by atoms with E-state index in [0.29, 0.717) is 6.42 Å². The van der Waals surface area contributed by atoms with Gasteiger partial charge < -0.3 is 9.64 Å². The first-order chi connectivity index (χ1) is 12.0. The normalized spacial score (nSPS) is 17.8. The van der Waals surface area contributed by atoms with Crippen molar-refractivity contribution >= 4 is 11.9 Å². The van der Waals surface area contributed by atoms with Gasteiger partial charge in [-0.25, -0.2) is 0 Å². The molecule has 0 bridgehead atoms. The van der Waals surface area contributed by atoms with E-state index in [2.05, 4.69) is 0 Å². The molecule has 2 aromatic carbocycles. The summed E-state index contributed by atoms with van der Waals surface area (Å²) in [5.74, 6) is -0.262. The summed E-state index contributed by atoms with van der Waals surface area (Å²) in [5, 5.41) is 0. The van der Waals surface area contributed by atoms with E-state index in [1.54, 1.807) is 0 Å². The highest BCUT2D eigenvalue weighted by Gasteiger charge is 2.38. The van der Waals surface area contributed by atoms with E-state index in [-0.39, 0.29) is 30.4 Å². The van der Waals surface area contributed by atoms with Crippen LogP contribution in [-0.2, 0) is 20.7 Å². The van der Waals surface area contributed by atoms with Crippen LogP contribution in [0.3, 0.4) is 0 Å². The summed E-state index contributed by atoms with van der Waals surface area (Å²) in [7, 11) is 1.39. The van der Waals surface area contributed by atoms with Gasteiger partial charge >= 0.3 is 5.97 Å². The lowest BCUT2D eigenvalue weighted by Crippen LogP contribution is -2.43. The van der Waals surface area contributed by atoms with E-state index in [1.165, 1.54) is 7.11 Å². The average Bonchev–Trinajstić information content (AvgIpc) is 2.61. The maximum Gasteiger partial charge on any atom is 0.307 e. The second-order valence-electron chi connectivity index (χ2n) is 6.51. The number of carbonyl (C=O) groups excluding carboxylic acids is 2. The first-order valence-electron chi connectivity index (χ1n) is 8.54. The lowest BCUT2D eigenvalue weighted by atomic mass is 9.85. The van der Waals surface area contributed by atoms with Crippen molar-refractivity contribution in [3.63, 3.8) is 0 Å². The molecule has 1 aliphatic rings. The molecule has 2 atom stereocenters. The zero-order valence-corrected chi connectivity index (χ0v) is 14.9. The van der Waals surface area contributed by atoms with Crippen molar-refractivity contribution in [3.8, 4) is 0 Å². The summed E-state index contributed by atoms with van der Waals surface area (Å²) < 4.78 is 4.90. The Morgan fingerprint density at radius 1 is 1.20 bits per heavy atom. The lowest BCUT2D eigenvalue weighted by molar-refractivity contribution is -0.145. The number of rotatable bonds is 4. The summed E-state index contributed by atoms with van der Waals surface area (Å²) in [6, 6.07) is 15.5. The molecule has 1 amide bonds. The molecule has 25 heavy (non-hydrogen) atoms. The van der Waals surface area contributed by atoms with E-state index in [0.717, 1.165) is 22.3 Å². The molecule has 0 spiro atoms. The van der Waals surface area contributed by atoms with Crippen LogP contribution in [0.1, 0.15) is 47.7 Å². The third kappa shape index (κ3) is 3.29. The number of aryl methyl sites for hydroxylation is 1. The maximum absolute atomic E-state index is 12.9. The van der Waals surface area contributed by atoms with Gasteiger partial charge in [-0.05, 0) is 36.1 Å². The molecule has 2 aromatic rings. The van der Waals surface area contributed by atoms with Crippen LogP contribution in [0.2, 0.25) is 0 Å². The Hall–Kier alpha value is -2.62. The summed E-state index contributed by atoms with van der Waals surface area (Å²) in [6.45, 7) is 4.05. The van der Waals surface area contributed by atoms with Gasteiger partial charge in [-0.3, -0.25) is 9.59 Å². The zero-order valence-electron chi connectivity index (χ0n) is 14.9. The predicted molar refractivity (Wildman–Crippen MR) is 96.0 cm³/mol. The largest absolute Gasteiger partial charge is 0.469 e. The smallest absolute Gasteiger partial charge is 0.307 e. The molecule has 0 N–H and O–H groups in total. The summed E-state index contributed by atoms with van der Waals surface area (Å²) >= 11 is 0. The van der Waals surface area contributed by atoms with Crippen LogP contribution >= 0.6 is 0 Å². The van der Waals surface area contributed by atoms with Crippen molar-refractivity contribution in [1.82, 2.24) is 4.90 Å². The highest BCUT2D eigenvalue weighted by atomic mass is 16.5. The summed E-state index contributed by atoms with van der Waals surface area (Å²) in [6.07, 6.45) is 0.531. The fourth-order valence-corrected chi connectivity index (χ4v) is 3.76. The maximum atomic E-state index is 12.9. The molecular weight excluding hydrogens is 314 g/mol. The number of fused-ring (bicyclic) bond motifs is 1. The van der Waals surface area contributed by atoms with Gasteiger partial charge in [-0.1, -0.05) is 48.5 Å². The Balaban J connectivity index is 2.07. The minimum atomic E-state index is -0.306. The minimum Gasteiger partial charge on any atom is -0.469 e. The molecule has 4 nitrogen and oxygen atoms in total. The first-order valence-corrected chi connectivity index (χ1v) is 8.54. The fraction of sp³-hybridized carbons (Fsp3) is 0.333. The van der Waals surface area contributed by atoms with Crippen LogP contribution in [0.25, 0.3) is 0 Å². The molecule has 130 valence electrons. The van der Waals surface area contributed by atoms with Crippen LogP contribution < -0.4 is 0 Å². The molecule has 0 fully saturated rings. The molecule has 0 saturated carbocycles. The SMILES string of the molecule is COC(=O)CC1c2c(C)cccc2CC(=O)N1C(C)c1ccccc1. The number of hydrogen-bond acceptors (Lipinski definition) is 3. The van der Waals surface area contributed by atoms with Crippen LogP contribution in [-0.4, -0.2) is 23.9 Å². The number of carbonyl (C=O) groups is 2. The third-order valence-electron chi connectivity index (χ3n) is 5.00. The van der Waals surface area contributed by atoms with Gasteiger partial charge in [0.05, 0.1) is 32.0 Å². The number of nitrogens with zero attached hydrogens (tertiary/aromatic N) is 1. The standard InChI is InChI=1S/C21H23NO3/c1-14-8-7-11-17-12-19(23)22(15(2)16-9-5-4-6-10-16)18(21(14)17)13-20(24)25-3/h4-11,15,18H,12-13H2,1-3H3. The van der Waals surface area contributed by atoms with E-state index in [4.69, 9.17) is 4.74 Å². The number of methoxy groups -OCH3 is 1. The molecule has 0 radical (unpaired) electrons. The van der Waals surface area contributed by atoms with E-state index >= 15 is 0 Å². The minimum absolute atomic E-state index is 0.0448. The van der Waals surface area contributed by atoms with Crippen molar-refractivity contribution < 1.29 is 14.3 Å². The van der Waals surface area contributed by atoms with E-state index in [1.807, 2.05) is 67.3 Å². The van der Waals surface area contributed by atoms with Gasteiger partial charge in [0.1, 0.15) is 0 Å². The van der Waals surface area contributed by atoms with Gasteiger partial charge in [0, 0.05) is 0 Å². The fourth-order valence-electron chi connectivity index (χ4n) is 3.76. The van der Waals surface area contributed by atoms with Gasteiger partial charge in [0.15, 0.2) is 0 Å². The number of esters is 1. The Kier molecular flexibility index (Phi) is 4.88. The molecule has 0 saturated heterocycles. The second-order valence-corrected chi connectivity index (χ2v) is 6.51. The average molecular weight is 337 g/mol. The highest BCUT2D eigenvalue weighted by molar-refractivity contribution is 5.84. The molecule has 0 aliphatic carbocycles. The Morgan fingerprint density at radius 3 is 2.60 bits per heavy atom. The molecule has 1 heterocycles. The van der Waals surface area contributed by atoms with Crippen molar-refractivity contribution in [2.45, 2.75) is 38.8 Å². The third-order valence-corrected chi connectivity index (χ3v) is 5.00. The van der Waals surface area contributed by atoms with Crippen LogP contribution in [0, 0.1) is 6.92 Å². The topological polar surface area (TPSA) is 46.6 Å². The first kappa shape index (κ1) is 17.2. The van der Waals surface area contributed by atoms with Crippen molar-refractivity contribution in [3.05, 3.63) is 70.8 Å². The van der Waals surface area contributed by atoms with Gasteiger partial charge in [0.25, 0.3) is 0 Å². The summed E-state index contributed by atoms with van der Waals surface area (Å²) in [5.41, 5.74) is 4.25. The van der Waals surface area contributed by atoms with Crippen LogP contribution in [0.5, 0.6) is 0 Å². The van der Waals surface area contributed by atoms with Gasteiger partial charge in [-0.15, -0.1) is 0 Å². The number of amides is 1. The Morgan fingerprint density at radius 2 is 1.92 bits per heavy atom. The molecule has 2 unspecified atom stereocenters. The lowest BCUT2D eigenvalue weighted by Gasteiger charge is -2.41. The molecular formula is C21H23NO3. The predicted octanol–water partition coefficient (Wildman–Crippen LogP) is 3.75. The number of benzene rings is 2.